The van der Waals surface area contributed by atoms with E-state index in [1.165, 1.54) is 16.7 Å². The number of benzene rings is 2. The van der Waals surface area contributed by atoms with E-state index < -0.39 is 0 Å². The minimum atomic E-state index is 0. The standard InChI is InChI=1S/C26H37N3O3.HI/c1-20(23-7-9-24(30-3)10-8-23)11-14-28-26(27-2)29-18-21-5-4-6-22(17-21)19-32-25-12-15-31-16-13-25;/h4-10,17,20,25H,11-16,18-19H2,1-3H3,(H2,27,28,29);1H. The van der Waals surface area contributed by atoms with Crippen molar-refractivity contribution in [3.63, 3.8) is 0 Å². The maximum atomic E-state index is 6.05. The summed E-state index contributed by atoms with van der Waals surface area (Å²) in [5.74, 6) is 2.16. The van der Waals surface area contributed by atoms with Crippen molar-refractivity contribution in [2.24, 2.45) is 4.99 Å². The zero-order valence-corrected chi connectivity index (χ0v) is 22.3. The molecule has 6 nitrogen and oxygen atoms in total. The Balaban J connectivity index is 0.00000385. The van der Waals surface area contributed by atoms with Crippen LogP contribution >= 0.6 is 24.0 Å². The molecule has 1 heterocycles. The van der Waals surface area contributed by atoms with Crippen LogP contribution in [0.5, 0.6) is 5.75 Å². The lowest BCUT2D eigenvalue weighted by Crippen LogP contribution is -2.37. The molecular formula is C26H38IN3O3. The fourth-order valence-corrected chi connectivity index (χ4v) is 3.80. The molecule has 2 N–H and O–H groups in total. The van der Waals surface area contributed by atoms with Crippen molar-refractivity contribution in [3.05, 3.63) is 65.2 Å². The van der Waals surface area contributed by atoms with Crippen LogP contribution in [0, 0.1) is 0 Å². The Hall–Kier alpha value is -1.84. The lowest BCUT2D eigenvalue weighted by atomic mass is 9.98. The molecule has 2 aromatic carbocycles. The summed E-state index contributed by atoms with van der Waals surface area (Å²) in [4.78, 5) is 4.36. The Bertz CT molecular complexity index is 839. The van der Waals surface area contributed by atoms with Gasteiger partial charge < -0.3 is 24.8 Å². The van der Waals surface area contributed by atoms with Crippen molar-refractivity contribution in [1.29, 1.82) is 0 Å². The van der Waals surface area contributed by atoms with Crippen molar-refractivity contribution in [1.82, 2.24) is 10.6 Å². The van der Waals surface area contributed by atoms with E-state index in [2.05, 4.69) is 58.9 Å². The molecule has 1 aliphatic heterocycles. The molecule has 2 aromatic rings. The van der Waals surface area contributed by atoms with E-state index in [-0.39, 0.29) is 24.0 Å². The fourth-order valence-electron chi connectivity index (χ4n) is 3.80. The Morgan fingerprint density at radius 2 is 1.82 bits per heavy atom. The van der Waals surface area contributed by atoms with E-state index in [9.17, 15) is 0 Å². The largest absolute Gasteiger partial charge is 0.497 e. The highest BCUT2D eigenvalue weighted by Crippen LogP contribution is 2.21. The van der Waals surface area contributed by atoms with Crippen LogP contribution in [0.3, 0.4) is 0 Å². The van der Waals surface area contributed by atoms with E-state index in [0.29, 0.717) is 18.6 Å². The molecule has 1 unspecified atom stereocenters. The maximum Gasteiger partial charge on any atom is 0.191 e. The van der Waals surface area contributed by atoms with Gasteiger partial charge in [0.05, 0.1) is 19.8 Å². The van der Waals surface area contributed by atoms with E-state index in [1.807, 2.05) is 12.1 Å². The SMILES string of the molecule is CN=C(NCCC(C)c1ccc(OC)cc1)NCc1cccc(COC2CCOCC2)c1.I. The van der Waals surface area contributed by atoms with Crippen molar-refractivity contribution < 1.29 is 14.2 Å². The Labute approximate surface area is 215 Å². The van der Waals surface area contributed by atoms with Gasteiger partial charge in [0.15, 0.2) is 5.96 Å². The average Bonchev–Trinajstić information content (AvgIpc) is 2.85. The monoisotopic (exact) mass is 567 g/mol. The van der Waals surface area contributed by atoms with E-state index in [0.717, 1.165) is 57.3 Å². The Kier molecular flexibility index (Phi) is 12.6. The smallest absolute Gasteiger partial charge is 0.191 e. The summed E-state index contributed by atoms with van der Waals surface area (Å²) in [6.45, 7) is 6.08. The summed E-state index contributed by atoms with van der Waals surface area (Å²) in [6.07, 6.45) is 3.31. The van der Waals surface area contributed by atoms with Crippen molar-refractivity contribution in [2.75, 3.05) is 33.9 Å². The molecule has 0 aliphatic carbocycles. The first-order valence-electron chi connectivity index (χ1n) is 11.5. The van der Waals surface area contributed by atoms with Gasteiger partial charge in [-0.2, -0.15) is 0 Å². The minimum absolute atomic E-state index is 0. The van der Waals surface area contributed by atoms with Gasteiger partial charge in [0.2, 0.25) is 0 Å². The molecule has 0 radical (unpaired) electrons. The van der Waals surface area contributed by atoms with Gasteiger partial charge in [0.25, 0.3) is 0 Å². The maximum absolute atomic E-state index is 6.05. The highest BCUT2D eigenvalue weighted by Gasteiger charge is 2.14. The molecule has 0 spiro atoms. The van der Waals surface area contributed by atoms with Crippen LogP contribution in [-0.2, 0) is 22.6 Å². The lowest BCUT2D eigenvalue weighted by Gasteiger charge is -2.22. The zero-order valence-electron chi connectivity index (χ0n) is 20.0. The molecule has 182 valence electrons. The van der Waals surface area contributed by atoms with Gasteiger partial charge in [-0.25, -0.2) is 0 Å². The van der Waals surface area contributed by atoms with E-state index in [4.69, 9.17) is 14.2 Å². The summed E-state index contributed by atoms with van der Waals surface area (Å²) in [7, 11) is 3.50. The highest BCUT2D eigenvalue weighted by molar-refractivity contribution is 14.0. The average molecular weight is 568 g/mol. The lowest BCUT2D eigenvalue weighted by molar-refractivity contribution is -0.0390. The summed E-state index contributed by atoms with van der Waals surface area (Å²) in [6, 6.07) is 16.8. The molecule has 0 saturated carbocycles. The van der Waals surface area contributed by atoms with Crippen molar-refractivity contribution >= 4 is 29.9 Å². The first-order chi connectivity index (χ1) is 15.7. The van der Waals surface area contributed by atoms with Crippen molar-refractivity contribution in [3.8, 4) is 5.75 Å². The molecule has 3 rings (SSSR count). The highest BCUT2D eigenvalue weighted by atomic mass is 127. The minimum Gasteiger partial charge on any atom is -0.497 e. The molecule has 33 heavy (non-hydrogen) atoms. The van der Waals surface area contributed by atoms with Gasteiger partial charge in [-0.3, -0.25) is 4.99 Å². The first kappa shape index (κ1) is 27.4. The number of hydrogen-bond acceptors (Lipinski definition) is 4. The molecular weight excluding hydrogens is 529 g/mol. The molecule has 1 aliphatic rings. The number of methoxy groups -OCH3 is 1. The number of aliphatic imine (C=N–C) groups is 1. The number of hydrogen-bond donors (Lipinski definition) is 2. The van der Waals surface area contributed by atoms with Gasteiger partial charge in [-0.1, -0.05) is 43.3 Å². The normalized spacial score (nSPS) is 15.4. The third-order valence-electron chi connectivity index (χ3n) is 5.88. The predicted molar refractivity (Wildman–Crippen MR) is 145 cm³/mol. The first-order valence-corrected chi connectivity index (χ1v) is 11.5. The number of halogens is 1. The Morgan fingerprint density at radius 1 is 1.09 bits per heavy atom. The fraction of sp³-hybridized carbons (Fsp3) is 0.500. The van der Waals surface area contributed by atoms with Crippen LogP contribution in [0.25, 0.3) is 0 Å². The van der Waals surface area contributed by atoms with Gasteiger partial charge >= 0.3 is 0 Å². The topological polar surface area (TPSA) is 64.1 Å². The second-order valence-corrected chi connectivity index (χ2v) is 8.26. The third-order valence-corrected chi connectivity index (χ3v) is 5.88. The van der Waals surface area contributed by atoms with Crippen LogP contribution in [-0.4, -0.2) is 46.0 Å². The zero-order chi connectivity index (χ0) is 22.6. The Morgan fingerprint density at radius 3 is 2.52 bits per heavy atom. The van der Waals surface area contributed by atoms with Gasteiger partial charge in [-0.05, 0) is 54.0 Å². The summed E-state index contributed by atoms with van der Waals surface area (Å²) >= 11 is 0. The van der Waals surface area contributed by atoms with Crippen LogP contribution < -0.4 is 15.4 Å². The van der Waals surface area contributed by atoms with E-state index in [1.54, 1.807) is 14.2 Å². The summed E-state index contributed by atoms with van der Waals surface area (Å²) in [5, 5.41) is 6.84. The van der Waals surface area contributed by atoms with Gasteiger partial charge in [0, 0.05) is 33.4 Å². The third kappa shape index (κ3) is 9.51. The molecule has 1 fully saturated rings. The number of nitrogens with zero attached hydrogens (tertiary/aromatic N) is 1. The molecule has 1 saturated heterocycles. The van der Waals surface area contributed by atoms with Crippen LogP contribution in [0.2, 0.25) is 0 Å². The molecule has 0 aromatic heterocycles. The molecule has 0 amide bonds. The second-order valence-electron chi connectivity index (χ2n) is 8.26. The van der Waals surface area contributed by atoms with Crippen LogP contribution in [0.1, 0.15) is 48.8 Å². The van der Waals surface area contributed by atoms with Crippen LogP contribution in [0.4, 0.5) is 0 Å². The number of rotatable bonds is 10. The molecule has 0 bridgehead atoms. The number of nitrogens with one attached hydrogen (secondary N) is 2. The number of ether oxygens (including phenoxy) is 3. The summed E-state index contributed by atoms with van der Waals surface area (Å²) in [5.41, 5.74) is 3.73. The summed E-state index contributed by atoms with van der Waals surface area (Å²) < 4.78 is 16.7. The quantitative estimate of drug-likeness (QED) is 0.244. The number of guanidine groups is 1. The van der Waals surface area contributed by atoms with Gasteiger partial charge in [0.1, 0.15) is 5.75 Å². The molecule has 7 heteroatoms. The second kappa shape index (κ2) is 15.1. The molecule has 1 atom stereocenters. The van der Waals surface area contributed by atoms with E-state index >= 15 is 0 Å². The predicted octanol–water partition coefficient (Wildman–Crippen LogP) is 4.87. The van der Waals surface area contributed by atoms with Gasteiger partial charge in [-0.15, -0.1) is 24.0 Å². The van der Waals surface area contributed by atoms with Crippen LogP contribution in [0.15, 0.2) is 53.5 Å². The van der Waals surface area contributed by atoms with Crippen molar-refractivity contribution in [2.45, 2.75) is 51.4 Å².